The molecule has 1 N–H and O–H groups in total. The first-order valence-electron chi connectivity index (χ1n) is 9.14. The number of aryl methyl sites for hydroxylation is 1. The molecule has 0 saturated heterocycles. The molecule has 0 radical (unpaired) electrons. The highest BCUT2D eigenvalue weighted by molar-refractivity contribution is 7.10. The molecule has 0 aliphatic heterocycles. The topological polar surface area (TPSA) is 90.6 Å². The molecule has 0 aliphatic rings. The van der Waals surface area contributed by atoms with E-state index in [1.807, 2.05) is 0 Å². The van der Waals surface area contributed by atoms with Crippen LogP contribution in [-0.4, -0.2) is 39.1 Å². The predicted octanol–water partition coefficient (Wildman–Crippen LogP) is 4.45. The summed E-state index contributed by atoms with van der Waals surface area (Å²) in [6.07, 6.45) is -4.74. The number of benzene rings is 1. The lowest BCUT2D eigenvalue weighted by Crippen LogP contribution is -2.15. The molecule has 0 spiro atoms. The predicted molar refractivity (Wildman–Crippen MR) is 111 cm³/mol. The molecule has 0 atom stereocenters. The van der Waals surface area contributed by atoms with Gasteiger partial charge in [-0.15, -0.1) is 0 Å². The lowest BCUT2D eigenvalue weighted by Gasteiger charge is -2.12. The molecule has 3 heterocycles. The van der Waals surface area contributed by atoms with E-state index in [1.165, 1.54) is 26.4 Å². The third-order valence-electron chi connectivity index (χ3n) is 4.49. The van der Waals surface area contributed by atoms with E-state index >= 15 is 0 Å². The lowest BCUT2D eigenvalue weighted by molar-refractivity contribution is -0.142. The van der Waals surface area contributed by atoms with E-state index < -0.39 is 17.8 Å². The SMILES string of the molecule is COc1ccc(-c2cc(C(F)(F)F)n3nc(C(=O)Nc4cc(C)ns4)cc3n2)cc1OC. The van der Waals surface area contributed by atoms with Crippen LogP contribution in [0.5, 0.6) is 11.5 Å². The number of hydrogen-bond acceptors (Lipinski definition) is 7. The molecule has 4 aromatic rings. The molecule has 166 valence electrons. The number of aromatic nitrogens is 4. The maximum atomic E-state index is 13.8. The van der Waals surface area contributed by atoms with Crippen molar-refractivity contribution in [2.24, 2.45) is 0 Å². The summed E-state index contributed by atoms with van der Waals surface area (Å²) in [5.74, 6) is 0.101. The summed E-state index contributed by atoms with van der Waals surface area (Å²) in [5.41, 5.74) is -0.284. The van der Waals surface area contributed by atoms with Gasteiger partial charge >= 0.3 is 6.18 Å². The molecule has 0 saturated carbocycles. The third kappa shape index (κ3) is 4.08. The normalized spacial score (nSPS) is 11.6. The van der Waals surface area contributed by atoms with Crippen LogP contribution in [0.3, 0.4) is 0 Å². The summed E-state index contributed by atoms with van der Waals surface area (Å²) in [6, 6.07) is 8.37. The number of nitrogens with zero attached hydrogens (tertiary/aromatic N) is 4. The number of anilines is 1. The van der Waals surface area contributed by atoms with Crippen LogP contribution in [-0.2, 0) is 6.18 Å². The highest BCUT2D eigenvalue weighted by Crippen LogP contribution is 2.35. The fraction of sp³-hybridized carbons (Fsp3) is 0.200. The zero-order valence-electron chi connectivity index (χ0n) is 17.0. The van der Waals surface area contributed by atoms with Gasteiger partial charge in [0.25, 0.3) is 5.91 Å². The number of methoxy groups -OCH3 is 2. The van der Waals surface area contributed by atoms with Crippen molar-refractivity contribution in [2.75, 3.05) is 19.5 Å². The molecular weight excluding hydrogens is 447 g/mol. The summed E-state index contributed by atoms with van der Waals surface area (Å²) in [6.45, 7) is 1.76. The monoisotopic (exact) mass is 463 g/mol. The maximum absolute atomic E-state index is 13.8. The minimum atomic E-state index is -4.74. The van der Waals surface area contributed by atoms with Crippen LogP contribution in [0, 0.1) is 6.92 Å². The van der Waals surface area contributed by atoms with Gasteiger partial charge in [-0.3, -0.25) is 4.79 Å². The molecule has 0 aliphatic carbocycles. The van der Waals surface area contributed by atoms with Crippen molar-refractivity contribution in [3.63, 3.8) is 0 Å². The minimum Gasteiger partial charge on any atom is -0.493 e. The fourth-order valence-electron chi connectivity index (χ4n) is 3.03. The largest absolute Gasteiger partial charge is 0.493 e. The number of carbonyl (C=O) groups is 1. The van der Waals surface area contributed by atoms with E-state index in [2.05, 4.69) is 19.8 Å². The highest BCUT2D eigenvalue weighted by atomic mass is 32.1. The number of alkyl halides is 3. The number of rotatable bonds is 5. The van der Waals surface area contributed by atoms with Gasteiger partial charge in [-0.1, -0.05) is 0 Å². The van der Waals surface area contributed by atoms with Gasteiger partial charge in [0.15, 0.2) is 28.5 Å². The Hall–Kier alpha value is -3.67. The Morgan fingerprint density at radius 2 is 1.84 bits per heavy atom. The summed E-state index contributed by atoms with van der Waals surface area (Å²) in [7, 11) is 2.88. The molecule has 8 nitrogen and oxygen atoms in total. The smallest absolute Gasteiger partial charge is 0.433 e. The molecule has 12 heteroatoms. The first kappa shape index (κ1) is 21.6. The first-order valence-corrected chi connectivity index (χ1v) is 9.92. The first-order chi connectivity index (χ1) is 15.2. The number of fused-ring (bicyclic) bond motifs is 1. The summed E-state index contributed by atoms with van der Waals surface area (Å²) in [5, 5.41) is 6.87. The zero-order chi connectivity index (χ0) is 23.0. The standard InChI is InChI=1S/C20H16F3N5O3S/c1-10-6-18(32-27-10)25-19(29)13-9-17-24-12(8-16(20(21,22)23)28(17)26-13)11-4-5-14(30-2)15(7-11)31-3/h4-9H,1-3H3,(H,25,29). The number of carbonyl (C=O) groups excluding carboxylic acids is 1. The number of hydrogen-bond donors (Lipinski definition) is 1. The van der Waals surface area contributed by atoms with Gasteiger partial charge in [-0.25, -0.2) is 9.50 Å². The summed E-state index contributed by atoms with van der Waals surface area (Å²) < 4.78 is 56.4. The molecule has 0 unspecified atom stereocenters. The Kier molecular flexibility index (Phi) is 5.46. The lowest BCUT2D eigenvalue weighted by atomic mass is 10.1. The van der Waals surface area contributed by atoms with Crippen LogP contribution in [0.4, 0.5) is 18.2 Å². The quantitative estimate of drug-likeness (QED) is 0.470. The van der Waals surface area contributed by atoms with Gasteiger partial charge in [0.1, 0.15) is 5.00 Å². The van der Waals surface area contributed by atoms with E-state index in [4.69, 9.17) is 9.47 Å². The fourth-order valence-corrected chi connectivity index (χ4v) is 3.69. The van der Waals surface area contributed by atoms with E-state index in [9.17, 15) is 18.0 Å². The third-order valence-corrected chi connectivity index (χ3v) is 5.29. The second-order valence-corrected chi connectivity index (χ2v) is 7.49. The molecule has 0 fully saturated rings. The van der Waals surface area contributed by atoms with Crippen LogP contribution in [0.15, 0.2) is 36.4 Å². The van der Waals surface area contributed by atoms with Gasteiger partial charge in [0.2, 0.25) is 0 Å². The van der Waals surface area contributed by atoms with E-state index in [0.29, 0.717) is 32.3 Å². The van der Waals surface area contributed by atoms with Crippen LogP contribution >= 0.6 is 11.5 Å². The summed E-state index contributed by atoms with van der Waals surface area (Å²) in [4.78, 5) is 16.8. The highest BCUT2D eigenvalue weighted by Gasteiger charge is 2.35. The van der Waals surface area contributed by atoms with E-state index in [0.717, 1.165) is 17.6 Å². The Morgan fingerprint density at radius 1 is 1.09 bits per heavy atom. The van der Waals surface area contributed by atoms with Crippen molar-refractivity contribution in [3.8, 4) is 22.8 Å². The van der Waals surface area contributed by atoms with Crippen molar-refractivity contribution in [3.05, 3.63) is 53.5 Å². The molecule has 1 aromatic carbocycles. The Labute approximate surface area is 183 Å². The summed E-state index contributed by atoms with van der Waals surface area (Å²) >= 11 is 1.06. The van der Waals surface area contributed by atoms with Crippen molar-refractivity contribution < 1.29 is 27.4 Å². The van der Waals surface area contributed by atoms with E-state index in [-0.39, 0.29) is 17.0 Å². The van der Waals surface area contributed by atoms with Gasteiger partial charge in [0.05, 0.1) is 25.6 Å². The number of nitrogens with one attached hydrogen (secondary N) is 1. The Balaban J connectivity index is 1.80. The number of ether oxygens (including phenoxy) is 2. The Bertz CT molecular complexity index is 1320. The van der Waals surface area contributed by atoms with Crippen molar-refractivity contribution >= 4 is 28.1 Å². The second-order valence-electron chi connectivity index (χ2n) is 6.68. The Morgan fingerprint density at radius 3 is 2.47 bits per heavy atom. The van der Waals surface area contributed by atoms with Gasteiger partial charge in [0, 0.05) is 11.6 Å². The van der Waals surface area contributed by atoms with Crippen LogP contribution in [0.1, 0.15) is 21.9 Å². The van der Waals surface area contributed by atoms with Gasteiger partial charge in [-0.05, 0) is 48.8 Å². The molecular formula is C20H16F3N5O3S. The van der Waals surface area contributed by atoms with Crippen molar-refractivity contribution in [1.82, 2.24) is 19.0 Å². The average Bonchev–Trinajstić information content (AvgIpc) is 3.37. The van der Waals surface area contributed by atoms with E-state index in [1.54, 1.807) is 25.1 Å². The van der Waals surface area contributed by atoms with Crippen LogP contribution < -0.4 is 14.8 Å². The number of amides is 1. The molecule has 1 amide bonds. The molecule has 32 heavy (non-hydrogen) atoms. The zero-order valence-corrected chi connectivity index (χ0v) is 17.8. The molecule has 4 rings (SSSR count). The van der Waals surface area contributed by atoms with Gasteiger partial charge < -0.3 is 14.8 Å². The number of halogens is 3. The van der Waals surface area contributed by atoms with Crippen molar-refractivity contribution in [1.29, 1.82) is 0 Å². The van der Waals surface area contributed by atoms with Crippen LogP contribution in [0.2, 0.25) is 0 Å². The van der Waals surface area contributed by atoms with Crippen molar-refractivity contribution in [2.45, 2.75) is 13.1 Å². The second kappa shape index (κ2) is 8.11. The average molecular weight is 463 g/mol. The molecule has 0 bridgehead atoms. The minimum absolute atomic E-state index is 0.0377. The maximum Gasteiger partial charge on any atom is 0.433 e. The molecule has 3 aromatic heterocycles. The van der Waals surface area contributed by atoms with Gasteiger partial charge in [-0.2, -0.15) is 22.6 Å². The van der Waals surface area contributed by atoms with Crippen LogP contribution in [0.25, 0.3) is 16.9 Å².